The van der Waals surface area contributed by atoms with Crippen LogP contribution < -0.4 is 15.5 Å². The molecular formula is C19H20BrN3O3S. The minimum Gasteiger partial charge on any atom is -0.325 e. The predicted molar refractivity (Wildman–Crippen MR) is 114 cm³/mol. The lowest BCUT2D eigenvalue weighted by molar-refractivity contribution is -0.116. The van der Waals surface area contributed by atoms with Crippen molar-refractivity contribution in [3.05, 3.63) is 53.0 Å². The normalized spacial score (nSPS) is 10.2. The third-order valence-electron chi connectivity index (χ3n) is 3.59. The van der Waals surface area contributed by atoms with Crippen LogP contribution in [0.3, 0.4) is 0 Å². The number of carbonyl (C=O) groups excluding carboxylic acids is 3. The summed E-state index contributed by atoms with van der Waals surface area (Å²) in [5.74, 6) is -0.0710. The molecule has 0 unspecified atom stereocenters. The minimum atomic E-state index is -0.192. The molecule has 0 aliphatic carbocycles. The number of halogens is 1. The van der Waals surface area contributed by atoms with Gasteiger partial charge in [0.05, 0.1) is 11.5 Å². The molecule has 0 atom stereocenters. The number of benzene rings is 2. The second-order valence-electron chi connectivity index (χ2n) is 5.72. The summed E-state index contributed by atoms with van der Waals surface area (Å²) in [6.07, 6.45) is 0. The zero-order valence-electron chi connectivity index (χ0n) is 15.0. The first-order valence-electron chi connectivity index (χ1n) is 8.12. The van der Waals surface area contributed by atoms with Gasteiger partial charge in [0.15, 0.2) is 0 Å². The van der Waals surface area contributed by atoms with Crippen molar-refractivity contribution in [2.24, 2.45) is 0 Å². The van der Waals surface area contributed by atoms with E-state index in [0.717, 1.165) is 10.2 Å². The Balaban J connectivity index is 1.74. The Bertz CT molecular complexity index is 827. The van der Waals surface area contributed by atoms with E-state index in [2.05, 4.69) is 26.6 Å². The van der Waals surface area contributed by atoms with Gasteiger partial charge in [-0.3, -0.25) is 14.4 Å². The number of nitrogens with zero attached hydrogens (tertiary/aromatic N) is 1. The minimum absolute atomic E-state index is 0.0654. The molecular weight excluding hydrogens is 430 g/mol. The largest absolute Gasteiger partial charge is 0.325 e. The van der Waals surface area contributed by atoms with Gasteiger partial charge in [-0.25, -0.2) is 0 Å². The summed E-state index contributed by atoms with van der Waals surface area (Å²) in [5, 5.41) is 5.55. The summed E-state index contributed by atoms with van der Waals surface area (Å²) >= 11 is 4.58. The number of hydrogen-bond acceptors (Lipinski definition) is 4. The van der Waals surface area contributed by atoms with E-state index < -0.39 is 0 Å². The highest BCUT2D eigenvalue weighted by molar-refractivity contribution is 9.10. The molecule has 0 saturated carbocycles. The van der Waals surface area contributed by atoms with Crippen molar-refractivity contribution in [2.45, 2.75) is 6.92 Å². The summed E-state index contributed by atoms with van der Waals surface area (Å²) in [5.41, 5.74) is 2.09. The first kappa shape index (κ1) is 21.0. The number of carbonyl (C=O) groups is 3. The maximum absolute atomic E-state index is 12.0. The van der Waals surface area contributed by atoms with E-state index in [0.29, 0.717) is 11.4 Å². The molecule has 0 aliphatic heterocycles. The molecule has 0 radical (unpaired) electrons. The van der Waals surface area contributed by atoms with Crippen LogP contribution in [0.5, 0.6) is 0 Å². The van der Waals surface area contributed by atoms with Crippen molar-refractivity contribution >= 4 is 62.5 Å². The summed E-state index contributed by atoms with van der Waals surface area (Å²) in [7, 11) is 1.69. The Hall–Kier alpha value is -2.32. The molecule has 0 bridgehead atoms. The Morgan fingerprint density at radius 1 is 0.963 bits per heavy atom. The molecule has 6 nitrogen and oxygen atoms in total. The van der Waals surface area contributed by atoms with E-state index >= 15 is 0 Å². The van der Waals surface area contributed by atoms with Gasteiger partial charge in [0, 0.05) is 35.5 Å². The highest BCUT2D eigenvalue weighted by atomic mass is 79.9. The van der Waals surface area contributed by atoms with Crippen molar-refractivity contribution in [1.82, 2.24) is 0 Å². The van der Waals surface area contributed by atoms with Crippen molar-refractivity contribution in [3.8, 4) is 0 Å². The van der Waals surface area contributed by atoms with Crippen LogP contribution in [0, 0.1) is 0 Å². The van der Waals surface area contributed by atoms with Crippen LogP contribution in [0.1, 0.15) is 6.92 Å². The molecule has 2 rings (SSSR count). The number of nitrogens with one attached hydrogen (secondary N) is 2. The predicted octanol–water partition coefficient (Wildman–Crippen LogP) is 3.74. The quantitative estimate of drug-likeness (QED) is 0.674. The average molecular weight is 450 g/mol. The molecule has 2 N–H and O–H groups in total. The van der Waals surface area contributed by atoms with E-state index in [-0.39, 0.29) is 29.2 Å². The Morgan fingerprint density at radius 2 is 1.56 bits per heavy atom. The molecule has 142 valence electrons. The molecule has 2 aromatic carbocycles. The lowest BCUT2D eigenvalue weighted by Gasteiger charge is -2.15. The molecule has 0 spiro atoms. The van der Waals surface area contributed by atoms with Gasteiger partial charge in [0.25, 0.3) is 0 Å². The number of anilines is 3. The van der Waals surface area contributed by atoms with Crippen LogP contribution in [-0.4, -0.2) is 36.3 Å². The molecule has 0 saturated heterocycles. The standard InChI is InChI=1S/C19H20BrN3O3S/c1-13(24)23(2)17-8-6-15(7-9-17)21-18(25)11-27-12-19(26)22-16-5-3-4-14(20)10-16/h3-10H,11-12H2,1-2H3,(H,21,25)(H,22,26). The van der Waals surface area contributed by atoms with Gasteiger partial charge in [-0.15, -0.1) is 11.8 Å². The number of thioether (sulfide) groups is 1. The van der Waals surface area contributed by atoms with E-state index in [4.69, 9.17) is 0 Å². The number of rotatable bonds is 7. The van der Waals surface area contributed by atoms with E-state index in [9.17, 15) is 14.4 Å². The molecule has 27 heavy (non-hydrogen) atoms. The molecule has 2 aromatic rings. The van der Waals surface area contributed by atoms with Gasteiger partial charge in [-0.1, -0.05) is 22.0 Å². The monoisotopic (exact) mass is 449 g/mol. The van der Waals surface area contributed by atoms with Crippen LogP contribution in [0.15, 0.2) is 53.0 Å². The molecule has 0 aliphatic rings. The fraction of sp³-hybridized carbons (Fsp3) is 0.211. The Kier molecular flexibility index (Phi) is 7.87. The molecule has 8 heteroatoms. The topological polar surface area (TPSA) is 78.5 Å². The maximum Gasteiger partial charge on any atom is 0.234 e. The van der Waals surface area contributed by atoms with Crippen LogP contribution in [0.25, 0.3) is 0 Å². The van der Waals surface area contributed by atoms with Crippen LogP contribution in [0.4, 0.5) is 17.1 Å². The highest BCUT2D eigenvalue weighted by Gasteiger charge is 2.08. The van der Waals surface area contributed by atoms with Crippen molar-refractivity contribution in [3.63, 3.8) is 0 Å². The first-order valence-corrected chi connectivity index (χ1v) is 10.1. The van der Waals surface area contributed by atoms with Crippen LogP contribution in [0.2, 0.25) is 0 Å². The first-order chi connectivity index (χ1) is 12.8. The molecule has 3 amide bonds. The Labute approximate surface area is 170 Å². The summed E-state index contributed by atoms with van der Waals surface area (Å²) in [6.45, 7) is 1.49. The fourth-order valence-corrected chi connectivity index (χ4v) is 3.16. The zero-order valence-corrected chi connectivity index (χ0v) is 17.4. The van der Waals surface area contributed by atoms with Crippen molar-refractivity contribution in [2.75, 3.05) is 34.1 Å². The van der Waals surface area contributed by atoms with E-state index in [1.54, 1.807) is 37.4 Å². The lowest BCUT2D eigenvalue weighted by Crippen LogP contribution is -2.22. The van der Waals surface area contributed by atoms with Gasteiger partial charge in [-0.05, 0) is 42.5 Å². The van der Waals surface area contributed by atoms with Gasteiger partial charge in [-0.2, -0.15) is 0 Å². The second kappa shape index (κ2) is 10.1. The molecule has 0 aromatic heterocycles. The van der Waals surface area contributed by atoms with Gasteiger partial charge < -0.3 is 15.5 Å². The van der Waals surface area contributed by atoms with Crippen LogP contribution in [-0.2, 0) is 14.4 Å². The Morgan fingerprint density at radius 3 is 2.11 bits per heavy atom. The van der Waals surface area contributed by atoms with E-state index in [1.807, 2.05) is 18.2 Å². The van der Waals surface area contributed by atoms with Gasteiger partial charge in [0.1, 0.15) is 0 Å². The molecule has 0 fully saturated rings. The summed E-state index contributed by atoms with van der Waals surface area (Å²) in [4.78, 5) is 36.7. The zero-order chi connectivity index (χ0) is 19.8. The molecule has 0 heterocycles. The number of amides is 3. The van der Waals surface area contributed by atoms with E-state index in [1.165, 1.54) is 23.6 Å². The van der Waals surface area contributed by atoms with Crippen LogP contribution >= 0.6 is 27.7 Å². The smallest absolute Gasteiger partial charge is 0.234 e. The third kappa shape index (κ3) is 7.07. The lowest BCUT2D eigenvalue weighted by atomic mass is 10.2. The van der Waals surface area contributed by atoms with Crippen molar-refractivity contribution in [1.29, 1.82) is 0 Å². The average Bonchev–Trinajstić information content (AvgIpc) is 2.61. The van der Waals surface area contributed by atoms with Gasteiger partial charge >= 0.3 is 0 Å². The van der Waals surface area contributed by atoms with Crippen molar-refractivity contribution < 1.29 is 14.4 Å². The third-order valence-corrected chi connectivity index (χ3v) is 5.01. The number of hydrogen-bond donors (Lipinski definition) is 2. The second-order valence-corrected chi connectivity index (χ2v) is 7.63. The SMILES string of the molecule is CC(=O)N(C)c1ccc(NC(=O)CSCC(=O)Nc2cccc(Br)c2)cc1. The fourth-order valence-electron chi connectivity index (χ4n) is 2.15. The highest BCUT2D eigenvalue weighted by Crippen LogP contribution is 2.18. The summed E-state index contributed by atoms with van der Waals surface area (Å²) in [6, 6.07) is 14.3. The maximum atomic E-state index is 12.0. The summed E-state index contributed by atoms with van der Waals surface area (Å²) < 4.78 is 0.882. The van der Waals surface area contributed by atoms with Gasteiger partial charge in [0.2, 0.25) is 17.7 Å².